The number of likely N-dealkylation sites (tertiary alicyclic amines) is 2. The van der Waals surface area contributed by atoms with E-state index in [9.17, 15) is 0 Å². The van der Waals surface area contributed by atoms with Gasteiger partial charge in [0.05, 0.1) is 7.11 Å². The molecule has 122 valence electrons. The summed E-state index contributed by atoms with van der Waals surface area (Å²) in [6, 6.07) is 7.43. The molecule has 2 heterocycles. The van der Waals surface area contributed by atoms with Gasteiger partial charge in [-0.15, -0.1) is 0 Å². The highest BCUT2D eigenvalue weighted by Crippen LogP contribution is 2.41. The fraction of sp³-hybridized carbons (Fsp3) is 0.684. The Labute approximate surface area is 135 Å². The molecule has 0 aromatic heterocycles. The summed E-state index contributed by atoms with van der Waals surface area (Å²) in [6.45, 7) is 15.2. The lowest BCUT2D eigenvalue weighted by molar-refractivity contribution is -0.128. The van der Waals surface area contributed by atoms with Crippen molar-refractivity contribution in [3.63, 3.8) is 0 Å². The van der Waals surface area contributed by atoms with Gasteiger partial charge in [0.2, 0.25) is 0 Å². The summed E-state index contributed by atoms with van der Waals surface area (Å²) in [5.74, 6) is 1.55. The molecule has 0 radical (unpaired) electrons. The van der Waals surface area contributed by atoms with Crippen LogP contribution in [0.2, 0.25) is 0 Å². The van der Waals surface area contributed by atoms with Crippen LogP contribution in [0.15, 0.2) is 18.2 Å². The van der Waals surface area contributed by atoms with Gasteiger partial charge in [0.25, 0.3) is 0 Å². The second kappa shape index (κ2) is 5.86. The van der Waals surface area contributed by atoms with Crippen LogP contribution >= 0.6 is 0 Å². The summed E-state index contributed by atoms with van der Waals surface area (Å²) >= 11 is 0. The van der Waals surface area contributed by atoms with Gasteiger partial charge in [-0.2, -0.15) is 0 Å². The largest absolute Gasteiger partial charge is 0.496 e. The molecule has 2 saturated heterocycles. The van der Waals surface area contributed by atoms with Crippen molar-refractivity contribution in [2.75, 3.05) is 33.3 Å². The first kappa shape index (κ1) is 15.8. The van der Waals surface area contributed by atoms with Gasteiger partial charge in [0, 0.05) is 44.2 Å². The molecule has 0 N–H and O–H groups in total. The monoisotopic (exact) mass is 302 g/mol. The van der Waals surface area contributed by atoms with Gasteiger partial charge in [-0.3, -0.25) is 9.80 Å². The van der Waals surface area contributed by atoms with E-state index < -0.39 is 0 Å². The summed E-state index contributed by atoms with van der Waals surface area (Å²) in [6.07, 6.45) is 0. The molecule has 1 aromatic rings. The Morgan fingerprint density at radius 3 is 2.32 bits per heavy atom. The van der Waals surface area contributed by atoms with E-state index in [0.717, 1.165) is 12.3 Å². The maximum absolute atomic E-state index is 5.57. The standard InChI is InChI=1S/C19H30N2O/c1-14(2)17-7-6-16(8-18(17)22-5)9-20-10-19(11-20)12-21(13-19)15(3)4/h6-8,14-15H,9-13H2,1-5H3. The van der Waals surface area contributed by atoms with Crippen LogP contribution < -0.4 is 4.74 Å². The first-order valence-corrected chi connectivity index (χ1v) is 8.56. The van der Waals surface area contributed by atoms with E-state index >= 15 is 0 Å². The number of hydrogen-bond acceptors (Lipinski definition) is 3. The molecular weight excluding hydrogens is 272 g/mol. The van der Waals surface area contributed by atoms with Gasteiger partial charge in [-0.05, 0) is 37.0 Å². The van der Waals surface area contributed by atoms with E-state index in [-0.39, 0.29) is 0 Å². The Bertz CT molecular complexity index is 524. The van der Waals surface area contributed by atoms with Crippen molar-refractivity contribution in [2.45, 2.75) is 46.2 Å². The van der Waals surface area contributed by atoms with Crippen molar-refractivity contribution in [3.05, 3.63) is 29.3 Å². The third-order valence-electron chi connectivity index (χ3n) is 5.25. The minimum Gasteiger partial charge on any atom is -0.496 e. The number of methoxy groups -OCH3 is 1. The zero-order chi connectivity index (χ0) is 15.9. The summed E-state index contributed by atoms with van der Waals surface area (Å²) in [5.41, 5.74) is 3.28. The van der Waals surface area contributed by atoms with Gasteiger partial charge in [0.1, 0.15) is 5.75 Å². The maximum Gasteiger partial charge on any atom is 0.122 e. The fourth-order valence-electron chi connectivity index (χ4n) is 3.98. The Kier molecular flexibility index (Phi) is 4.21. The van der Waals surface area contributed by atoms with E-state index in [2.05, 4.69) is 55.7 Å². The first-order chi connectivity index (χ1) is 10.4. The van der Waals surface area contributed by atoms with Crippen molar-refractivity contribution in [2.24, 2.45) is 5.41 Å². The predicted molar refractivity (Wildman–Crippen MR) is 91.5 cm³/mol. The molecule has 1 aromatic carbocycles. The average molecular weight is 302 g/mol. The van der Waals surface area contributed by atoms with Gasteiger partial charge < -0.3 is 4.74 Å². The Morgan fingerprint density at radius 1 is 1.09 bits per heavy atom. The molecule has 0 bridgehead atoms. The first-order valence-electron chi connectivity index (χ1n) is 8.56. The van der Waals surface area contributed by atoms with Crippen LogP contribution in [0.4, 0.5) is 0 Å². The maximum atomic E-state index is 5.57. The molecular formula is C19H30N2O. The molecule has 0 aliphatic carbocycles. The van der Waals surface area contributed by atoms with Crippen LogP contribution in [0, 0.1) is 5.41 Å². The minimum absolute atomic E-state index is 0.508. The zero-order valence-corrected chi connectivity index (χ0v) is 14.7. The average Bonchev–Trinajstić information content (AvgIpc) is 2.38. The fourth-order valence-corrected chi connectivity index (χ4v) is 3.98. The van der Waals surface area contributed by atoms with Crippen LogP contribution in [0.5, 0.6) is 5.75 Å². The van der Waals surface area contributed by atoms with Crippen LogP contribution in [0.3, 0.4) is 0 Å². The molecule has 3 nitrogen and oxygen atoms in total. The van der Waals surface area contributed by atoms with Crippen molar-refractivity contribution in [1.29, 1.82) is 0 Å². The molecule has 0 unspecified atom stereocenters. The lowest BCUT2D eigenvalue weighted by Crippen LogP contribution is -2.72. The molecule has 0 atom stereocenters. The number of nitrogens with zero attached hydrogens (tertiary/aromatic N) is 2. The molecule has 0 amide bonds. The molecule has 2 fully saturated rings. The second-order valence-electron chi connectivity index (χ2n) is 7.87. The van der Waals surface area contributed by atoms with E-state index in [4.69, 9.17) is 4.74 Å². The number of hydrogen-bond donors (Lipinski definition) is 0. The summed E-state index contributed by atoms with van der Waals surface area (Å²) < 4.78 is 5.57. The third-order valence-corrected chi connectivity index (χ3v) is 5.25. The van der Waals surface area contributed by atoms with Crippen molar-refractivity contribution < 1.29 is 4.74 Å². The van der Waals surface area contributed by atoms with Crippen LogP contribution in [0.25, 0.3) is 0 Å². The molecule has 22 heavy (non-hydrogen) atoms. The Hall–Kier alpha value is -1.06. The normalized spacial score (nSPS) is 21.2. The molecule has 1 spiro atoms. The lowest BCUT2D eigenvalue weighted by Gasteiger charge is -2.61. The summed E-state index contributed by atoms with van der Waals surface area (Å²) in [5, 5.41) is 0. The quantitative estimate of drug-likeness (QED) is 0.829. The van der Waals surface area contributed by atoms with Gasteiger partial charge >= 0.3 is 0 Å². The Balaban J connectivity index is 1.55. The van der Waals surface area contributed by atoms with Crippen LogP contribution in [0.1, 0.15) is 44.7 Å². The van der Waals surface area contributed by atoms with Crippen molar-refractivity contribution in [3.8, 4) is 5.75 Å². The zero-order valence-electron chi connectivity index (χ0n) is 14.7. The van der Waals surface area contributed by atoms with Gasteiger partial charge in [-0.1, -0.05) is 26.0 Å². The number of rotatable bonds is 5. The molecule has 3 rings (SSSR count). The van der Waals surface area contributed by atoms with Crippen LogP contribution in [-0.4, -0.2) is 49.1 Å². The van der Waals surface area contributed by atoms with E-state index in [1.165, 1.54) is 37.3 Å². The smallest absolute Gasteiger partial charge is 0.122 e. The van der Waals surface area contributed by atoms with E-state index in [1.54, 1.807) is 7.11 Å². The van der Waals surface area contributed by atoms with Gasteiger partial charge in [-0.25, -0.2) is 0 Å². The molecule has 3 heteroatoms. The molecule has 2 aliphatic heterocycles. The summed E-state index contributed by atoms with van der Waals surface area (Å²) in [4.78, 5) is 5.15. The number of benzene rings is 1. The van der Waals surface area contributed by atoms with Crippen molar-refractivity contribution in [1.82, 2.24) is 9.80 Å². The lowest BCUT2D eigenvalue weighted by atomic mass is 9.72. The summed E-state index contributed by atoms with van der Waals surface area (Å²) in [7, 11) is 1.78. The third kappa shape index (κ3) is 2.89. The topological polar surface area (TPSA) is 15.7 Å². The Morgan fingerprint density at radius 2 is 1.77 bits per heavy atom. The minimum atomic E-state index is 0.508. The van der Waals surface area contributed by atoms with Gasteiger partial charge in [0.15, 0.2) is 0 Å². The van der Waals surface area contributed by atoms with E-state index in [1.807, 2.05) is 0 Å². The second-order valence-corrected chi connectivity index (χ2v) is 7.87. The van der Waals surface area contributed by atoms with Crippen LogP contribution in [-0.2, 0) is 6.54 Å². The SMILES string of the molecule is COc1cc(CN2CC3(C2)CN(C(C)C)C3)ccc1C(C)C. The molecule has 0 saturated carbocycles. The molecule has 2 aliphatic rings. The highest BCUT2D eigenvalue weighted by molar-refractivity contribution is 5.39. The highest BCUT2D eigenvalue weighted by Gasteiger charge is 2.51. The highest BCUT2D eigenvalue weighted by atomic mass is 16.5. The number of ether oxygens (including phenoxy) is 1. The van der Waals surface area contributed by atoms with E-state index in [0.29, 0.717) is 17.4 Å². The van der Waals surface area contributed by atoms with Crippen molar-refractivity contribution >= 4 is 0 Å². The predicted octanol–water partition coefficient (Wildman–Crippen LogP) is 3.34.